The van der Waals surface area contributed by atoms with Crippen molar-refractivity contribution in [3.8, 4) is 11.5 Å². The molecular weight excluding hydrogens is 353 g/mol. The molecule has 3 rings (SSSR count). The number of ether oxygens (including phenoxy) is 2. The maximum absolute atomic E-state index is 12.0. The molecule has 1 aliphatic heterocycles. The Kier molecular flexibility index (Phi) is 4.80. The van der Waals surface area contributed by atoms with Crippen molar-refractivity contribution in [3.05, 3.63) is 59.2 Å². The summed E-state index contributed by atoms with van der Waals surface area (Å²) >= 11 is 0. The molecule has 2 aromatic carbocycles. The van der Waals surface area contributed by atoms with Crippen LogP contribution in [0.4, 0.5) is 0 Å². The Hall–Kier alpha value is -1.37. The van der Waals surface area contributed by atoms with E-state index in [0.29, 0.717) is 18.6 Å². The van der Waals surface area contributed by atoms with E-state index >= 15 is 0 Å². The molecule has 1 aliphatic rings. The van der Waals surface area contributed by atoms with Gasteiger partial charge in [-0.25, -0.2) is 4.79 Å². The summed E-state index contributed by atoms with van der Waals surface area (Å²) in [5.41, 5.74) is 2.58. The van der Waals surface area contributed by atoms with Crippen LogP contribution in [0.15, 0.2) is 42.5 Å². The van der Waals surface area contributed by atoms with Gasteiger partial charge in [-0.3, -0.25) is 0 Å². The summed E-state index contributed by atoms with van der Waals surface area (Å²) in [4.78, 5) is 12.0. The molecular formula is C16H14CdO3. The smallest absolute Gasteiger partial charge is 0.338 e. The van der Waals surface area contributed by atoms with E-state index in [4.69, 9.17) is 9.47 Å². The predicted octanol–water partition coefficient (Wildman–Crippen LogP) is 3.56. The zero-order valence-corrected chi connectivity index (χ0v) is 15.4. The average Bonchev–Trinajstić information content (AvgIpc) is 2.44. The second-order valence-corrected chi connectivity index (χ2v) is 4.39. The minimum absolute atomic E-state index is 0. The van der Waals surface area contributed by atoms with Gasteiger partial charge in [0.05, 0.1) is 12.2 Å². The van der Waals surface area contributed by atoms with Crippen LogP contribution in [0, 0.1) is 0 Å². The first-order valence-electron chi connectivity index (χ1n) is 6.34. The van der Waals surface area contributed by atoms with Gasteiger partial charge in [-0.15, -0.1) is 0 Å². The fourth-order valence-electron chi connectivity index (χ4n) is 2.30. The molecule has 2 aromatic rings. The van der Waals surface area contributed by atoms with Crippen LogP contribution < -0.4 is 4.74 Å². The van der Waals surface area contributed by atoms with Gasteiger partial charge < -0.3 is 9.47 Å². The van der Waals surface area contributed by atoms with Gasteiger partial charge in [-0.2, -0.15) is 0 Å². The SMILES string of the molecule is CCOC(=O)c1cccc2c1Cc1ccccc1O2.[Cd]. The minimum atomic E-state index is -0.290. The van der Waals surface area contributed by atoms with Crippen molar-refractivity contribution >= 4 is 5.97 Å². The van der Waals surface area contributed by atoms with Crippen molar-refractivity contribution in [1.29, 1.82) is 0 Å². The Bertz CT molecular complexity index is 637. The van der Waals surface area contributed by atoms with Gasteiger partial charge in [0, 0.05) is 39.3 Å². The Morgan fingerprint density at radius 3 is 2.70 bits per heavy atom. The fourth-order valence-corrected chi connectivity index (χ4v) is 2.30. The maximum atomic E-state index is 12.0. The first-order chi connectivity index (χ1) is 9.29. The van der Waals surface area contributed by atoms with Gasteiger partial charge in [0.2, 0.25) is 0 Å². The van der Waals surface area contributed by atoms with E-state index in [1.54, 1.807) is 13.0 Å². The first kappa shape index (κ1) is 15.0. The van der Waals surface area contributed by atoms with Crippen LogP contribution in [0.2, 0.25) is 0 Å². The van der Waals surface area contributed by atoms with Gasteiger partial charge >= 0.3 is 5.97 Å². The van der Waals surface area contributed by atoms with Crippen molar-refractivity contribution in [2.45, 2.75) is 13.3 Å². The number of para-hydroxylation sites is 1. The quantitative estimate of drug-likeness (QED) is 0.514. The minimum Gasteiger partial charge on any atom is -0.462 e. The maximum Gasteiger partial charge on any atom is 0.338 e. The molecule has 0 spiro atoms. The van der Waals surface area contributed by atoms with Crippen molar-refractivity contribution in [3.63, 3.8) is 0 Å². The van der Waals surface area contributed by atoms with E-state index in [9.17, 15) is 4.79 Å². The van der Waals surface area contributed by atoms with E-state index in [1.807, 2.05) is 36.4 Å². The molecule has 0 atom stereocenters. The van der Waals surface area contributed by atoms with Crippen LogP contribution in [0.25, 0.3) is 0 Å². The van der Waals surface area contributed by atoms with Gasteiger partial charge in [0.15, 0.2) is 0 Å². The Labute approximate surface area is 138 Å². The normalized spacial score (nSPS) is 11.4. The average molecular weight is 367 g/mol. The van der Waals surface area contributed by atoms with Crippen LogP contribution >= 0.6 is 0 Å². The van der Waals surface area contributed by atoms with Crippen LogP contribution in [0.3, 0.4) is 0 Å². The van der Waals surface area contributed by atoms with Gasteiger partial charge in [0.25, 0.3) is 0 Å². The van der Waals surface area contributed by atoms with Crippen LogP contribution in [-0.2, 0) is 38.5 Å². The van der Waals surface area contributed by atoms with Crippen molar-refractivity contribution in [2.24, 2.45) is 0 Å². The zero-order chi connectivity index (χ0) is 13.2. The number of esters is 1. The molecule has 0 saturated heterocycles. The third-order valence-corrected chi connectivity index (χ3v) is 3.19. The molecule has 4 heteroatoms. The Morgan fingerprint density at radius 1 is 1.15 bits per heavy atom. The molecule has 0 amide bonds. The Balaban J connectivity index is 0.00000147. The molecule has 0 aliphatic carbocycles. The number of fused-ring (bicyclic) bond motifs is 2. The predicted molar refractivity (Wildman–Crippen MR) is 71.7 cm³/mol. The fraction of sp³-hybridized carbons (Fsp3) is 0.188. The number of carbonyl (C=O) groups excluding carboxylic acids is 1. The first-order valence-corrected chi connectivity index (χ1v) is 6.34. The largest absolute Gasteiger partial charge is 0.462 e. The summed E-state index contributed by atoms with van der Waals surface area (Å²) in [6, 6.07) is 13.4. The third kappa shape index (κ3) is 2.72. The summed E-state index contributed by atoms with van der Waals surface area (Å²) in [6.45, 7) is 2.18. The van der Waals surface area contributed by atoms with E-state index in [0.717, 1.165) is 22.6 Å². The molecule has 0 aromatic heterocycles. The topological polar surface area (TPSA) is 35.5 Å². The molecule has 0 radical (unpaired) electrons. The second-order valence-electron chi connectivity index (χ2n) is 4.39. The van der Waals surface area contributed by atoms with Gasteiger partial charge in [-0.05, 0) is 30.7 Å². The number of hydrogen-bond acceptors (Lipinski definition) is 3. The zero-order valence-electron chi connectivity index (χ0n) is 11.4. The second kappa shape index (κ2) is 6.39. The number of benzene rings is 2. The summed E-state index contributed by atoms with van der Waals surface area (Å²) < 4.78 is 10.9. The van der Waals surface area contributed by atoms with Crippen molar-refractivity contribution < 1.29 is 41.6 Å². The van der Waals surface area contributed by atoms with Crippen molar-refractivity contribution in [1.82, 2.24) is 0 Å². The molecule has 0 saturated carbocycles. The summed E-state index contributed by atoms with van der Waals surface area (Å²) in [6.07, 6.45) is 0.695. The molecule has 20 heavy (non-hydrogen) atoms. The Morgan fingerprint density at radius 2 is 1.90 bits per heavy atom. The molecule has 0 N–H and O–H groups in total. The summed E-state index contributed by atoms with van der Waals surface area (Å²) in [7, 11) is 0. The summed E-state index contributed by atoms with van der Waals surface area (Å²) in [5.74, 6) is 1.31. The van der Waals surface area contributed by atoms with E-state index in [2.05, 4.69) is 0 Å². The van der Waals surface area contributed by atoms with Crippen molar-refractivity contribution in [2.75, 3.05) is 6.61 Å². The number of carbonyl (C=O) groups is 1. The molecule has 3 nitrogen and oxygen atoms in total. The molecule has 0 bridgehead atoms. The summed E-state index contributed by atoms with van der Waals surface area (Å²) in [5, 5.41) is 0. The van der Waals surface area contributed by atoms with E-state index in [-0.39, 0.29) is 33.3 Å². The molecule has 0 fully saturated rings. The molecule has 1 heterocycles. The standard InChI is InChI=1S/C16H14O3.Cd/c1-2-18-16(17)12-7-5-9-15-13(12)10-11-6-3-4-8-14(11)19-15;/h3-9H,2,10H2,1H3;. The van der Waals surface area contributed by atoms with Crippen LogP contribution in [0.1, 0.15) is 28.4 Å². The molecule has 98 valence electrons. The third-order valence-electron chi connectivity index (χ3n) is 3.19. The number of rotatable bonds is 2. The monoisotopic (exact) mass is 368 g/mol. The van der Waals surface area contributed by atoms with Gasteiger partial charge in [0.1, 0.15) is 11.5 Å². The van der Waals surface area contributed by atoms with E-state index < -0.39 is 0 Å². The van der Waals surface area contributed by atoms with E-state index in [1.165, 1.54) is 0 Å². The van der Waals surface area contributed by atoms with Crippen LogP contribution in [-0.4, -0.2) is 12.6 Å². The van der Waals surface area contributed by atoms with Gasteiger partial charge in [-0.1, -0.05) is 24.3 Å². The number of hydrogen-bond donors (Lipinski definition) is 0. The molecule has 0 unspecified atom stereocenters. The van der Waals surface area contributed by atoms with Crippen LogP contribution in [0.5, 0.6) is 11.5 Å².